The van der Waals surface area contributed by atoms with E-state index in [2.05, 4.69) is 10.3 Å². The maximum absolute atomic E-state index is 14.1. The Morgan fingerprint density at radius 3 is 2.38 bits per heavy atom. The number of urea groups is 1. The van der Waals surface area contributed by atoms with Crippen molar-refractivity contribution in [2.45, 2.75) is 12.3 Å². The third-order valence-electron chi connectivity index (χ3n) is 5.20. The predicted molar refractivity (Wildman–Crippen MR) is 119 cm³/mol. The van der Waals surface area contributed by atoms with E-state index in [9.17, 15) is 27.2 Å². The van der Waals surface area contributed by atoms with E-state index in [4.69, 9.17) is 0 Å². The van der Waals surface area contributed by atoms with Gasteiger partial charge >= 0.3 is 12.2 Å². The first-order valence-electron chi connectivity index (χ1n) is 10.1. The van der Waals surface area contributed by atoms with Crippen LogP contribution in [0.15, 0.2) is 77.8 Å². The van der Waals surface area contributed by atoms with Crippen LogP contribution in [0.1, 0.15) is 16.7 Å². The minimum Gasteiger partial charge on any atom is -0.311 e. The lowest BCUT2D eigenvalue weighted by Gasteiger charge is -2.21. The topological polar surface area (TPSA) is 73.8 Å². The van der Waals surface area contributed by atoms with E-state index in [1.807, 2.05) is 11.4 Å². The fraction of sp³-hybridized carbons (Fsp3) is 0.125. The lowest BCUT2D eigenvalue weighted by molar-refractivity contribution is -0.137. The molecule has 1 aliphatic heterocycles. The van der Waals surface area contributed by atoms with E-state index in [0.717, 1.165) is 0 Å². The van der Waals surface area contributed by atoms with Gasteiger partial charge in [-0.15, -0.1) is 0 Å². The van der Waals surface area contributed by atoms with Crippen molar-refractivity contribution in [2.24, 2.45) is 4.99 Å². The molecule has 1 unspecified atom stereocenters. The van der Waals surface area contributed by atoms with Gasteiger partial charge in [-0.1, -0.05) is 48.5 Å². The summed E-state index contributed by atoms with van der Waals surface area (Å²) < 4.78 is 52.9. The number of hydrogen-bond donors (Lipinski definition) is 2. The van der Waals surface area contributed by atoms with Crippen LogP contribution in [0, 0.1) is 5.82 Å². The van der Waals surface area contributed by atoms with Crippen LogP contribution in [-0.2, 0) is 11.0 Å². The number of benzodiazepines with no additional fused rings is 1. The largest absolute Gasteiger partial charge is 0.416 e. The van der Waals surface area contributed by atoms with Crippen molar-refractivity contribution in [3.63, 3.8) is 0 Å². The van der Waals surface area contributed by atoms with E-state index < -0.39 is 41.3 Å². The quantitative estimate of drug-likeness (QED) is 0.540. The first-order chi connectivity index (χ1) is 16.1. The molecule has 10 heteroatoms. The number of halogens is 4. The number of carbonyl (C=O) groups is 2. The van der Waals surface area contributed by atoms with Crippen LogP contribution in [0.25, 0.3) is 0 Å². The first-order valence-corrected chi connectivity index (χ1v) is 10.1. The SMILES string of the molecule is CN1C(=O)C(NC(=O)Nc2cc(C(F)(F)F)ccc2F)N=C(c2ccccc2)c2ccccc21. The molecule has 34 heavy (non-hydrogen) atoms. The Balaban J connectivity index is 1.67. The zero-order valence-electron chi connectivity index (χ0n) is 17.7. The Bertz CT molecular complexity index is 1280. The Morgan fingerprint density at radius 2 is 1.68 bits per heavy atom. The van der Waals surface area contributed by atoms with Crippen LogP contribution in [0.3, 0.4) is 0 Å². The highest BCUT2D eigenvalue weighted by atomic mass is 19.4. The Hall–Kier alpha value is -4.21. The molecule has 1 atom stereocenters. The summed E-state index contributed by atoms with van der Waals surface area (Å²) in [4.78, 5) is 31.4. The second-order valence-corrected chi connectivity index (χ2v) is 7.45. The van der Waals surface area contributed by atoms with Crippen molar-refractivity contribution in [3.05, 3.63) is 95.3 Å². The molecule has 2 N–H and O–H groups in total. The molecule has 0 saturated heterocycles. The summed E-state index contributed by atoms with van der Waals surface area (Å²) in [6, 6.07) is 16.6. The van der Waals surface area contributed by atoms with Crippen LogP contribution in [0.4, 0.5) is 33.7 Å². The third kappa shape index (κ3) is 4.61. The van der Waals surface area contributed by atoms with Gasteiger partial charge in [0.05, 0.1) is 22.6 Å². The fourth-order valence-corrected chi connectivity index (χ4v) is 3.52. The Kier molecular flexibility index (Phi) is 6.06. The van der Waals surface area contributed by atoms with E-state index in [1.54, 1.807) is 48.5 Å². The molecule has 1 heterocycles. The van der Waals surface area contributed by atoms with Crippen molar-refractivity contribution in [1.82, 2.24) is 5.32 Å². The van der Waals surface area contributed by atoms with Gasteiger partial charge in [-0.3, -0.25) is 4.79 Å². The van der Waals surface area contributed by atoms with Crippen molar-refractivity contribution < 1.29 is 27.2 Å². The van der Waals surface area contributed by atoms with Crippen molar-refractivity contribution in [3.8, 4) is 0 Å². The molecule has 3 aromatic carbocycles. The molecule has 3 aromatic rings. The van der Waals surface area contributed by atoms with E-state index >= 15 is 0 Å². The minimum absolute atomic E-state index is 0.435. The standard InChI is InChI=1S/C24H18F4N4O2/c1-32-19-10-6-5-9-16(19)20(14-7-3-2-4-8-14)30-21(22(32)33)31-23(34)29-18-13-15(24(26,27)28)11-12-17(18)25/h2-13,21H,1H3,(H2,29,31,34). The Labute approximate surface area is 191 Å². The number of fused-ring (bicyclic) bond motifs is 1. The monoisotopic (exact) mass is 470 g/mol. The van der Waals surface area contributed by atoms with Gasteiger partial charge in [0, 0.05) is 18.2 Å². The van der Waals surface area contributed by atoms with E-state index in [-0.39, 0.29) is 0 Å². The fourth-order valence-electron chi connectivity index (χ4n) is 3.52. The van der Waals surface area contributed by atoms with E-state index in [0.29, 0.717) is 40.7 Å². The average Bonchev–Trinajstić information content (AvgIpc) is 2.91. The number of amides is 3. The summed E-state index contributed by atoms with van der Waals surface area (Å²) in [6.45, 7) is 0. The number of anilines is 2. The number of benzene rings is 3. The zero-order chi connectivity index (χ0) is 24.5. The maximum atomic E-state index is 14.1. The van der Waals surface area contributed by atoms with Gasteiger partial charge in [-0.05, 0) is 24.3 Å². The molecule has 0 aliphatic carbocycles. The van der Waals surface area contributed by atoms with Crippen molar-refractivity contribution in [2.75, 3.05) is 17.3 Å². The molecule has 4 rings (SSSR count). The highest BCUT2D eigenvalue weighted by Gasteiger charge is 2.33. The van der Waals surface area contributed by atoms with Gasteiger partial charge in [0.2, 0.25) is 6.17 Å². The van der Waals surface area contributed by atoms with Crippen molar-refractivity contribution in [1.29, 1.82) is 0 Å². The molecular formula is C24H18F4N4O2. The van der Waals surface area contributed by atoms with E-state index in [1.165, 1.54) is 11.9 Å². The number of likely N-dealkylation sites (N-methyl/N-ethyl adjacent to an activating group) is 1. The van der Waals surface area contributed by atoms with Crippen LogP contribution < -0.4 is 15.5 Å². The highest BCUT2D eigenvalue weighted by molar-refractivity contribution is 6.20. The first kappa shape index (κ1) is 23.0. The number of carbonyl (C=O) groups excluding carboxylic acids is 2. The number of nitrogens with zero attached hydrogens (tertiary/aromatic N) is 2. The van der Waals surface area contributed by atoms with Gasteiger partial charge < -0.3 is 15.5 Å². The number of nitrogens with one attached hydrogen (secondary N) is 2. The summed E-state index contributed by atoms with van der Waals surface area (Å²) >= 11 is 0. The minimum atomic E-state index is -4.72. The lowest BCUT2D eigenvalue weighted by Crippen LogP contribution is -2.47. The molecule has 0 bridgehead atoms. The number of aliphatic imine (C=N–C) groups is 1. The molecule has 174 valence electrons. The van der Waals surface area contributed by atoms with Gasteiger partial charge in [0.25, 0.3) is 5.91 Å². The number of para-hydroxylation sites is 1. The molecule has 6 nitrogen and oxygen atoms in total. The third-order valence-corrected chi connectivity index (χ3v) is 5.20. The normalized spacial score (nSPS) is 15.8. The summed E-state index contributed by atoms with van der Waals surface area (Å²) in [7, 11) is 1.52. The van der Waals surface area contributed by atoms with Crippen LogP contribution >= 0.6 is 0 Å². The molecular weight excluding hydrogens is 452 g/mol. The lowest BCUT2D eigenvalue weighted by atomic mass is 10.0. The second-order valence-electron chi connectivity index (χ2n) is 7.45. The smallest absolute Gasteiger partial charge is 0.311 e. The van der Waals surface area contributed by atoms with Crippen LogP contribution in [0.2, 0.25) is 0 Å². The summed E-state index contributed by atoms with van der Waals surface area (Å²) in [5, 5.41) is 4.37. The Morgan fingerprint density at radius 1 is 1.00 bits per heavy atom. The zero-order valence-corrected chi connectivity index (χ0v) is 17.7. The number of rotatable bonds is 3. The molecule has 0 saturated carbocycles. The molecule has 0 radical (unpaired) electrons. The molecule has 3 amide bonds. The average molecular weight is 470 g/mol. The van der Waals surface area contributed by atoms with Crippen LogP contribution in [0.5, 0.6) is 0 Å². The molecule has 0 spiro atoms. The summed E-state index contributed by atoms with van der Waals surface area (Å²) in [5.74, 6) is -1.65. The second kappa shape index (κ2) is 8.97. The molecule has 0 aromatic heterocycles. The van der Waals surface area contributed by atoms with Crippen LogP contribution in [-0.4, -0.2) is 30.9 Å². The number of alkyl halides is 3. The molecule has 1 aliphatic rings. The maximum Gasteiger partial charge on any atom is 0.416 e. The number of hydrogen-bond acceptors (Lipinski definition) is 3. The van der Waals surface area contributed by atoms with Gasteiger partial charge in [-0.2, -0.15) is 13.2 Å². The predicted octanol–water partition coefficient (Wildman–Crippen LogP) is 4.81. The summed E-state index contributed by atoms with van der Waals surface area (Å²) in [5.41, 5.74) is 0.521. The van der Waals surface area contributed by atoms with Crippen molar-refractivity contribution >= 4 is 29.0 Å². The molecule has 0 fully saturated rings. The van der Waals surface area contributed by atoms with Gasteiger partial charge in [0.1, 0.15) is 5.82 Å². The van der Waals surface area contributed by atoms with Gasteiger partial charge in [-0.25, -0.2) is 14.2 Å². The summed E-state index contributed by atoms with van der Waals surface area (Å²) in [6.07, 6.45) is -6.14. The van der Waals surface area contributed by atoms with Gasteiger partial charge in [0.15, 0.2) is 0 Å². The highest BCUT2D eigenvalue weighted by Crippen LogP contribution is 2.32.